The smallest absolute Gasteiger partial charge is 0.150 e. The van der Waals surface area contributed by atoms with Crippen LogP contribution in [0.2, 0.25) is 0 Å². The minimum atomic E-state index is 0.475. The van der Waals surface area contributed by atoms with Crippen molar-refractivity contribution >= 4 is 0 Å². The van der Waals surface area contributed by atoms with Crippen LogP contribution in [0.3, 0.4) is 0 Å². The van der Waals surface area contributed by atoms with E-state index in [0.29, 0.717) is 6.04 Å². The molecule has 1 aromatic carbocycles. The van der Waals surface area contributed by atoms with E-state index in [4.69, 9.17) is 9.26 Å². The Morgan fingerprint density at radius 3 is 2.71 bits per heavy atom. The molecule has 5 heteroatoms. The van der Waals surface area contributed by atoms with Crippen LogP contribution in [0.4, 0.5) is 0 Å². The zero-order chi connectivity index (χ0) is 16.8. The lowest BCUT2D eigenvalue weighted by Crippen LogP contribution is -2.36. The van der Waals surface area contributed by atoms with Crippen molar-refractivity contribution in [1.29, 1.82) is 0 Å². The third kappa shape index (κ3) is 4.90. The molecule has 0 aliphatic carbocycles. The lowest BCUT2D eigenvalue weighted by atomic mass is 10.1. The second kappa shape index (κ2) is 8.42. The molecule has 0 saturated carbocycles. The molecule has 0 bridgehead atoms. The lowest BCUT2D eigenvalue weighted by Gasteiger charge is -2.26. The lowest BCUT2D eigenvalue weighted by molar-refractivity contribution is 0.137. The molecule has 24 heavy (non-hydrogen) atoms. The standard InChI is InChI=1S/C19H27N3O2/c1-21(2)14-19-12-17(20-24-19)13-22(18-9-11-23-15-18)10-8-16-6-4-3-5-7-16/h3-7,12,18H,8-11,13-15H2,1-2H3. The first kappa shape index (κ1) is 17.1. The van der Waals surface area contributed by atoms with Crippen LogP contribution in [-0.4, -0.2) is 54.9 Å². The van der Waals surface area contributed by atoms with Gasteiger partial charge < -0.3 is 14.2 Å². The Morgan fingerprint density at radius 1 is 1.17 bits per heavy atom. The van der Waals surface area contributed by atoms with Gasteiger partial charge in [-0.15, -0.1) is 0 Å². The number of ether oxygens (including phenoxy) is 1. The molecule has 1 saturated heterocycles. The number of hydrogen-bond acceptors (Lipinski definition) is 5. The molecule has 0 amide bonds. The van der Waals surface area contributed by atoms with E-state index in [0.717, 1.165) is 57.1 Å². The van der Waals surface area contributed by atoms with Crippen molar-refractivity contribution in [1.82, 2.24) is 15.0 Å². The Bertz CT molecular complexity index is 606. The summed E-state index contributed by atoms with van der Waals surface area (Å²) in [6, 6.07) is 13.2. The van der Waals surface area contributed by atoms with Gasteiger partial charge in [0.1, 0.15) is 0 Å². The molecule has 0 spiro atoms. The van der Waals surface area contributed by atoms with Crippen LogP contribution in [0.5, 0.6) is 0 Å². The Kier molecular flexibility index (Phi) is 6.01. The van der Waals surface area contributed by atoms with E-state index in [1.165, 1.54) is 5.56 Å². The molecule has 130 valence electrons. The number of nitrogens with zero attached hydrogens (tertiary/aromatic N) is 3. The van der Waals surface area contributed by atoms with Crippen molar-refractivity contribution in [2.75, 3.05) is 33.9 Å². The molecule has 1 aliphatic heterocycles. The summed E-state index contributed by atoms with van der Waals surface area (Å²) in [6.45, 7) is 4.28. The first-order valence-corrected chi connectivity index (χ1v) is 8.65. The highest BCUT2D eigenvalue weighted by Crippen LogP contribution is 2.17. The van der Waals surface area contributed by atoms with E-state index in [2.05, 4.69) is 51.4 Å². The molecule has 1 unspecified atom stereocenters. The number of hydrogen-bond donors (Lipinski definition) is 0. The van der Waals surface area contributed by atoms with Gasteiger partial charge in [0.2, 0.25) is 0 Å². The highest BCUT2D eigenvalue weighted by atomic mass is 16.5. The molecule has 1 aromatic heterocycles. The molecule has 5 nitrogen and oxygen atoms in total. The van der Waals surface area contributed by atoms with Gasteiger partial charge in [0.25, 0.3) is 0 Å². The van der Waals surface area contributed by atoms with Gasteiger partial charge in [-0.05, 0) is 32.5 Å². The molecular formula is C19H27N3O2. The third-order valence-electron chi connectivity index (χ3n) is 4.40. The van der Waals surface area contributed by atoms with Gasteiger partial charge in [-0.2, -0.15) is 0 Å². The summed E-state index contributed by atoms with van der Waals surface area (Å²) in [5.74, 6) is 0.917. The second-order valence-corrected chi connectivity index (χ2v) is 6.75. The van der Waals surface area contributed by atoms with Crippen molar-refractivity contribution in [2.45, 2.75) is 32.0 Å². The minimum Gasteiger partial charge on any atom is -0.380 e. The maximum atomic E-state index is 5.59. The quantitative estimate of drug-likeness (QED) is 0.744. The van der Waals surface area contributed by atoms with Crippen molar-refractivity contribution in [3.63, 3.8) is 0 Å². The second-order valence-electron chi connectivity index (χ2n) is 6.75. The molecule has 3 rings (SSSR count). The van der Waals surface area contributed by atoms with E-state index < -0.39 is 0 Å². The first-order chi connectivity index (χ1) is 11.7. The molecule has 2 aromatic rings. The van der Waals surface area contributed by atoms with Crippen molar-refractivity contribution in [2.24, 2.45) is 0 Å². The maximum absolute atomic E-state index is 5.59. The average molecular weight is 329 g/mol. The molecule has 2 heterocycles. The monoisotopic (exact) mass is 329 g/mol. The van der Waals surface area contributed by atoms with Crippen LogP contribution in [0.15, 0.2) is 40.9 Å². The fourth-order valence-electron chi connectivity index (χ4n) is 3.14. The third-order valence-corrected chi connectivity index (χ3v) is 4.40. The predicted octanol–water partition coefficient (Wildman–Crippen LogP) is 2.57. The number of rotatable bonds is 8. The Labute approximate surface area is 144 Å². The first-order valence-electron chi connectivity index (χ1n) is 8.65. The molecule has 1 fully saturated rings. The normalized spacial score (nSPS) is 17.9. The Morgan fingerprint density at radius 2 is 2.00 bits per heavy atom. The van der Waals surface area contributed by atoms with Gasteiger partial charge in [-0.1, -0.05) is 35.5 Å². The van der Waals surface area contributed by atoms with Crippen LogP contribution < -0.4 is 0 Å². The number of aromatic nitrogens is 1. The number of benzene rings is 1. The highest BCUT2D eigenvalue weighted by molar-refractivity contribution is 5.15. The molecule has 1 aliphatic rings. The average Bonchev–Trinajstić information content (AvgIpc) is 3.24. The summed E-state index contributed by atoms with van der Waals surface area (Å²) < 4.78 is 11.0. The van der Waals surface area contributed by atoms with Crippen LogP contribution in [0.25, 0.3) is 0 Å². The largest absolute Gasteiger partial charge is 0.380 e. The molecular weight excluding hydrogens is 302 g/mol. The topological polar surface area (TPSA) is 41.7 Å². The van der Waals surface area contributed by atoms with E-state index in [9.17, 15) is 0 Å². The fraction of sp³-hybridized carbons (Fsp3) is 0.526. The van der Waals surface area contributed by atoms with E-state index >= 15 is 0 Å². The van der Waals surface area contributed by atoms with Crippen LogP contribution in [0.1, 0.15) is 23.4 Å². The SMILES string of the molecule is CN(C)Cc1cc(CN(CCc2ccccc2)C2CCOC2)no1. The van der Waals surface area contributed by atoms with Gasteiger partial charge in [0, 0.05) is 31.8 Å². The zero-order valence-corrected chi connectivity index (χ0v) is 14.6. The van der Waals surface area contributed by atoms with Gasteiger partial charge >= 0.3 is 0 Å². The Balaban J connectivity index is 1.62. The van der Waals surface area contributed by atoms with Gasteiger partial charge in [0.05, 0.1) is 18.8 Å². The summed E-state index contributed by atoms with van der Waals surface area (Å²) in [5.41, 5.74) is 2.38. The molecule has 1 atom stereocenters. The highest BCUT2D eigenvalue weighted by Gasteiger charge is 2.24. The minimum absolute atomic E-state index is 0.475. The van der Waals surface area contributed by atoms with Gasteiger partial charge in [-0.3, -0.25) is 4.90 Å². The molecule has 0 radical (unpaired) electrons. The predicted molar refractivity (Wildman–Crippen MR) is 93.7 cm³/mol. The van der Waals surface area contributed by atoms with Crippen molar-refractivity contribution < 1.29 is 9.26 Å². The van der Waals surface area contributed by atoms with E-state index in [-0.39, 0.29) is 0 Å². The summed E-state index contributed by atoms with van der Waals surface area (Å²) in [5, 5.41) is 4.25. The van der Waals surface area contributed by atoms with Gasteiger partial charge in [-0.25, -0.2) is 0 Å². The van der Waals surface area contributed by atoms with Crippen molar-refractivity contribution in [3.05, 3.63) is 53.4 Å². The van der Waals surface area contributed by atoms with Crippen LogP contribution in [-0.2, 0) is 24.2 Å². The van der Waals surface area contributed by atoms with Gasteiger partial charge in [0.15, 0.2) is 5.76 Å². The Hall–Kier alpha value is -1.69. The summed E-state index contributed by atoms with van der Waals surface area (Å²) in [4.78, 5) is 4.57. The summed E-state index contributed by atoms with van der Waals surface area (Å²) >= 11 is 0. The fourth-order valence-corrected chi connectivity index (χ4v) is 3.14. The molecule has 0 N–H and O–H groups in total. The van der Waals surface area contributed by atoms with Crippen LogP contribution in [0, 0.1) is 0 Å². The van der Waals surface area contributed by atoms with Crippen LogP contribution >= 0.6 is 0 Å². The van der Waals surface area contributed by atoms with E-state index in [1.807, 2.05) is 14.1 Å². The summed E-state index contributed by atoms with van der Waals surface area (Å²) in [6.07, 6.45) is 2.14. The maximum Gasteiger partial charge on any atom is 0.150 e. The van der Waals surface area contributed by atoms with Crippen molar-refractivity contribution in [3.8, 4) is 0 Å². The summed E-state index contributed by atoms with van der Waals surface area (Å²) in [7, 11) is 4.06. The van der Waals surface area contributed by atoms with E-state index in [1.54, 1.807) is 0 Å². The zero-order valence-electron chi connectivity index (χ0n) is 14.6.